The van der Waals surface area contributed by atoms with Gasteiger partial charge in [0, 0.05) is 13.1 Å². The number of benzene rings is 2. The molecule has 0 aliphatic heterocycles. The molecule has 0 aliphatic carbocycles. The van der Waals surface area contributed by atoms with Gasteiger partial charge in [-0.05, 0) is 47.2 Å². The molecule has 0 atom stereocenters. The highest BCUT2D eigenvalue weighted by Gasteiger charge is 2.15. The third-order valence-electron chi connectivity index (χ3n) is 3.78. The van der Waals surface area contributed by atoms with Crippen molar-refractivity contribution in [2.24, 2.45) is 11.7 Å². The Bertz CT molecular complexity index is 681. The van der Waals surface area contributed by atoms with Gasteiger partial charge in [-0.3, -0.25) is 4.79 Å². The van der Waals surface area contributed by atoms with Crippen LogP contribution in [0.15, 0.2) is 42.5 Å². The number of hydrogen-bond acceptors (Lipinski definition) is 3. The number of nitrogens with one attached hydrogen (secondary N) is 1. The first-order valence-corrected chi connectivity index (χ1v) is 7.92. The molecule has 23 heavy (non-hydrogen) atoms. The van der Waals surface area contributed by atoms with E-state index >= 15 is 0 Å². The van der Waals surface area contributed by atoms with Crippen molar-refractivity contribution < 1.29 is 9.90 Å². The van der Waals surface area contributed by atoms with Crippen LogP contribution >= 0.6 is 0 Å². The van der Waals surface area contributed by atoms with Gasteiger partial charge in [0.05, 0.1) is 5.56 Å². The molecule has 0 saturated heterocycles. The Labute approximate surface area is 137 Å². The molecule has 1 amide bonds. The number of amides is 1. The van der Waals surface area contributed by atoms with Crippen LogP contribution in [-0.4, -0.2) is 17.6 Å². The van der Waals surface area contributed by atoms with Gasteiger partial charge in [-0.2, -0.15) is 0 Å². The number of phenols is 1. The molecule has 0 aromatic heterocycles. The highest BCUT2D eigenvalue weighted by atomic mass is 16.3. The van der Waals surface area contributed by atoms with Crippen LogP contribution in [0.2, 0.25) is 0 Å². The van der Waals surface area contributed by atoms with E-state index in [1.807, 2.05) is 24.3 Å². The van der Waals surface area contributed by atoms with E-state index in [2.05, 4.69) is 19.2 Å². The number of rotatable bonds is 6. The van der Waals surface area contributed by atoms with Gasteiger partial charge < -0.3 is 16.2 Å². The lowest BCUT2D eigenvalue weighted by atomic mass is 9.94. The fourth-order valence-electron chi connectivity index (χ4n) is 2.49. The fraction of sp³-hybridized carbons (Fsp3) is 0.316. The molecule has 4 heteroatoms. The Hall–Kier alpha value is -2.33. The Morgan fingerprint density at radius 2 is 1.91 bits per heavy atom. The van der Waals surface area contributed by atoms with Gasteiger partial charge in [-0.25, -0.2) is 0 Å². The first-order chi connectivity index (χ1) is 11.0. The first-order valence-electron chi connectivity index (χ1n) is 7.92. The van der Waals surface area contributed by atoms with Crippen LogP contribution in [0.1, 0.15) is 36.2 Å². The topological polar surface area (TPSA) is 75.3 Å². The zero-order valence-electron chi connectivity index (χ0n) is 13.7. The number of phenolic OH excluding ortho intramolecular Hbond substituents is 1. The predicted octanol–water partition coefficient (Wildman–Crippen LogP) is 3.29. The predicted molar refractivity (Wildman–Crippen MR) is 93.2 cm³/mol. The maximum Gasteiger partial charge on any atom is 0.252 e. The van der Waals surface area contributed by atoms with Crippen molar-refractivity contribution in [1.82, 2.24) is 5.32 Å². The third kappa shape index (κ3) is 4.33. The quantitative estimate of drug-likeness (QED) is 0.766. The Kier molecular flexibility index (Phi) is 5.77. The lowest BCUT2D eigenvalue weighted by Crippen LogP contribution is -2.26. The van der Waals surface area contributed by atoms with Crippen LogP contribution in [0, 0.1) is 5.92 Å². The van der Waals surface area contributed by atoms with E-state index < -0.39 is 0 Å². The molecule has 2 aromatic rings. The summed E-state index contributed by atoms with van der Waals surface area (Å²) in [6, 6.07) is 12.6. The van der Waals surface area contributed by atoms with E-state index in [0.717, 1.165) is 23.1 Å². The summed E-state index contributed by atoms with van der Waals surface area (Å²) >= 11 is 0. The van der Waals surface area contributed by atoms with Gasteiger partial charge in [0.15, 0.2) is 0 Å². The average Bonchev–Trinajstić information content (AvgIpc) is 2.54. The molecule has 0 saturated carbocycles. The third-order valence-corrected chi connectivity index (χ3v) is 3.78. The molecule has 2 aromatic carbocycles. The number of carbonyl (C=O) groups excluding carboxylic acids is 1. The minimum absolute atomic E-state index is 0.0768. The Morgan fingerprint density at radius 1 is 1.17 bits per heavy atom. The zero-order valence-corrected chi connectivity index (χ0v) is 13.7. The van der Waals surface area contributed by atoms with Gasteiger partial charge in [0.2, 0.25) is 0 Å². The minimum Gasteiger partial charge on any atom is -0.508 e. The smallest absolute Gasteiger partial charge is 0.252 e. The molecule has 0 bridgehead atoms. The molecular formula is C19H24N2O2. The van der Waals surface area contributed by atoms with Crippen LogP contribution in [0.4, 0.5) is 0 Å². The van der Waals surface area contributed by atoms with Crippen molar-refractivity contribution in [2.45, 2.75) is 26.8 Å². The average molecular weight is 312 g/mol. The van der Waals surface area contributed by atoms with Crippen LogP contribution in [0.25, 0.3) is 11.1 Å². The van der Waals surface area contributed by atoms with Crippen LogP contribution in [-0.2, 0) is 6.54 Å². The largest absolute Gasteiger partial charge is 0.508 e. The van der Waals surface area contributed by atoms with Crippen molar-refractivity contribution in [3.05, 3.63) is 53.6 Å². The number of carbonyl (C=O) groups is 1. The van der Waals surface area contributed by atoms with Gasteiger partial charge in [0.25, 0.3) is 5.91 Å². The summed E-state index contributed by atoms with van der Waals surface area (Å²) in [5.74, 6) is 0.424. The first kappa shape index (κ1) is 17.0. The van der Waals surface area contributed by atoms with Crippen molar-refractivity contribution in [3.63, 3.8) is 0 Å². The lowest BCUT2D eigenvalue weighted by molar-refractivity contribution is 0.0952. The zero-order chi connectivity index (χ0) is 16.8. The lowest BCUT2D eigenvalue weighted by Gasteiger charge is -2.14. The van der Waals surface area contributed by atoms with Crippen molar-refractivity contribution in [3.8, 4) is 16.9 Å². The molecule has 0 aliphatic rings. The van der Waals surface area contributed by atoms with E-state index in [1.54, 1.807) is 12.1 Å². The molecule has 4 nitrogen and oxygen atoms in total. The molecule has 0 unspecified atom stereocenters. The SMILES string of the molecule is CC(C)CCNC(=O)c1cc(O)ccc1-c1ccccc1CN. The van der Waals surface area contributed by atoms with Crippen LogP contribution in [0.3, 0.4) is 0 Å². The van der Waals surface area contributed by atoms with Crippen molar-refractivity contribution in [2.75, 3.05) is 6.54 Å². The summed E-state index contributed by atoms with van der Waals surface area (Å²) in [6.45, 7) is 5.24. The summed E-state index contributed by atoms with van der Waals surface area (Å²) in [6.07, 6.45) is 0.916. The summed E-state index contributed by atoms with van der Waals surface area (Å²) in [4.78, 5) is 12.5. The second kappa shape index (κ2) is 7.79. The number of hydrogen-bond donors (Lipinski definition) is 3. The molecule has 0 heterocycles. The van der Waals surface area contributed by atoms with Crippen LogP contribution in [0.5, 0.6) is 5.75 Å². The molecule has 2 rings (SSSR count). The monoisotopic (exact) mass is 312 g/mol. The van der Waals surface area contributed by atoms with Crippen molar-refractivity contribution in [1.29, 1.82) is 0 Å². The summed E-state index contributed by atoms with van der Waals surface area (Å²) in [5.41, 5.74) is 8.95. The van der Waals surface area contributed by atoms with Crippen molar-refractivity contribution >= 4 is 5.91 Å². The maximum absolute atomic E-state index is 12.5. The van der Waals surface area contributed by atoms with E-state index in [1.165, 1.54) is 6.07 Å². The molecule has 0 radical (unpaired) electrons. The van der Waals surface area contributed by atoms with E-state index in [4.69, 9.17) is 5.73 Å². The second-order valence-electron chi connectivity index (χ2n) is 6.03. The minimum atomic E-state index is -0.177. The highest BCUT2D eigenvalue weighted by molar-refractivity contribution is 6.01. The fourth-order valence-corrected chi connectivity index (χ4v) is 2.49. The summed E-state index contributed by atoms with van der Waals surface area (Å²) in [7, 11) is 0. The molecule has 4 N–H and O–H groups in total. The molecule has 0 spiro atoms. The highest BCUT2D eigenvalue weighted by Crippen LogP contribution is 2.29. The second-order valence-corrected chi connectivity index (χ2v) is 6.03. The Morgan fingerprint density at radius 3 is 2.61 bits per heavy atom. The maximum atomic E-state index is 12.5. The van der Waals surface area contributed by atoms with Gasteiger partial charge in [-0.15, -0.1) is 0 Å². The standard InChI is InChI=1S/C19H24N2O2/c1-13(2)9-10-21-19(23)18-11-15(22)7-8-17(18)16-6-4-3-5-14(16)12-20/h3-8,11,13,22H,9-10,12,20H2,1-2H3,(H,21,23). The molecule has 0 fully saturated rings. The normalized spacial score (nSPS) is 10.8. The van der Waals surface area contributed by atoms with Gasteiger partial charge in [-0.1, -0.05) is 38.1 Å². The van der Waals surface area contributed by atoms with Gasteiger partial charge in [0.1, 0.15) is 5.75 Å². The van der Waals surface area contributed by atoms with Gasteiger partial charge >= 0.3 is 0 Å². The number of aromatic hydroxyl groups is 1. The van der Waals surface area contributed by atoms with Crippen LogP contribution < -0.4 is 11.1 Å². The van der Waals surface area contributed by atoms with E-state index in [0.29, 0.717) is 24.6 Å². The Balaban J connectivity index is 2.36. The summed E-state index contributed by atoms with van der Waals surface area (Å²) < 4.78 is 0. The number of nitrogens with two attached hydrogens (primary N) is 1. The molecule has 122 valence electrons. The van der Waals surface area contributed by atoms with E-state index in [9.17, 15) is 9.90 Å². The van der Waals surface area contributed by atoms with E-state index in [-0.39, 0.29) is 11.7 Å². The summed E-state index contributed by atoms with van der Waals surface area (Å²) in [5, 5.41) is 12.7. The molecular weight excluding hydrogens is 288 g/mol.